The first-order valence-corrected chi connectivity index (χ1v) is 8.42. The molecule has 0 bridgehead atoms. The van der Waals surface area contributed by atoms with E-state index in [2.05, 4.69) is 63.3 Å². The van der Waals surface area contributed by atoms with E-state index >= 15 is 0 Å². The van der Waals surface area contributed by atoms with E-state index < -0.39 is 0 Å². The molecule has 1 heterocycles. The Bertz CT molecular complexity index is 556. The van der Waals surface area contributed by atoms with E-state index in [4.69, 9.17) is 0 Å². The summed E-state index contributed by atoms with van der Waals surface area (Å²) in [6.07, 6.45) is 2.23. The van der Waals surface area contributed by atoms with Crippen molar-refractivity contribution in [2.24, 2.45) is 0 Å². The van der Waals surface area contributed by atoms with Crippen molar-refractivity contribution in [3.8, 4) is 0 Å². The third kappa shape index (κ3) is 3.31. The van der Waals surface area contributed by atoms with Crippen LogP contribution in [-0.2, 0) is 12.8 Å². The van der Waals surface area contributed by atoms with Crippen LogP contribution >= 0.6 is 11.3 Å². The van der Waals surface area contributed by atoms with E-state index in [1.165, 1.54) is 26.4 Å². The van der Waals surface area contributed by atoms with E-state index in [-0.39, 0.29) is 0 Å². The molecule has 1 aromatic carbocycles. The molecule has 0 spiro atoms. The average Bonchev–Trinajstić information content (AvgIpc) is 2.90. The summed E-state index contributed by atoms with van der Waals surface area (Å²) in [4.78, 5) is 2.79. The van der Waals surface area contributed by atoms with Gasteiger partial charge in [-0.1, -0.05) is 39.0 Å². The van der Waals surface area contributed by atoms with Gasteiger partial charge in [0, 0.05) is 9.75 Å². The molecule has 1 atom stereocenters. The smallest absolute Gasteiger partial charge is 0.0671 e. The van der Waals surface area contributed by atoms with Crippen molar-refractivity contribution in [1.29, 1.82) is 0 Å². The lowest BCUT2D eigenvalue weighted by Gasteiger charge is -2.19. The van der Waals surface area contributed by atoms with Crippen LogP contribution in [-0.4, -0.2) is 6.54 Å². The molecule has 0 aliphatic heterocycles. The Morgan fingerprint density at radius 1 is 1.00 bits per heavy atom. The number of rotatable bonds is 6. The molecular weight excluding hydrogens is 262 g/mol. The van der Waals surface area contributed by atoms with Gasteiger partial charge in [0.25, 0.3) is 0 Å². The summed E-state index contributed by atoms with van der Waals surface area (Å²) in [5.74, 6) is 0. The van der Waals surface area contributed by atoms with Gasteiger partial charge in [0.05, 0.1) is 6.04 Å². The highest BCUT2D eigenvalue weighted by Gasteiger charge is 2.15. The standard InChI is InChI=1S/C18H25NS/c1-5-14-9-10-16(12-15(14)6-2)18(19-7-3)17-11-8-13(4)20-17/h8-12,18-19H,5-7H2,1-4H3. The molecule has 108 valence electrons. The highest BCUT2D eigenvalue weighted by molar-refractivity contribution is 7.12. The topological polar surface area (TPSA) is 12.0 Å². The Morgan fingerprint density at radius 2 is 1.75 bits per heavy atom. The minimum Gasteiger partial charge on any atom is -0.306 e. The zero-order valence-corrected chi connectivity index (χ0v) is 13.8. The van der Waals surface area contributed by atoms with Gasteiger partial charge in [-0.05, 0) is 55.1 Å². The molecule has 1 N–H and O–H groups in total. The van der Waals surface area contributed by atoms with Crippen molar-refractivity contribution in [3.63, 3.8) is 0 Å². The summed E-state index contributed by atoms with van der Waals surface area (Å²) >= 11 is 1.89. The van der Waals surface area contributed by atoms with E-state index in [1.54, 1.807) is 0 Å². The largest absolute Gasteiger partial charge is 0.306 e. The maximum absolute atomic E-state index is 3.63. The van der Waals surface area contributed by atoms with Crippen LogP contribution in [0.15, 0.2) is 30.3 Å². The Kier molecular flexibility index (Phi) is 5.38. The lowest BCUT2D eigenvalue weighted by molar-refractivity contribution is 0.638. The lowest BCUT2D eigenvalue weighted by atomic mass is 9.96. The molecule has 1 nitrogen and oxygen atoms in total. The first-order chi connectivity index (χ1) is 9.69. The summed E-state index contributed by atoms with van der Waals surface area (Å²) in [7, 11) is 0. The van der Waals surface area contributed by atoms with E-state index in [0.29, 0.717) is 6.04 Å². The predicted molar refractivity (Wildman–Crippen MR) is 89.8 cm³/mol. The fourth-order valence-corrected chi connectivity index (χ4v) is 3.68. The Balaban J connectivity index is 2.39. The Labute approximate surface area is 127 Å². The first kappa shape index (κ1) is 15.3. The normalized spacial score (nSPS) is 12.6. The van der Waals surface area contributed by atoms with Crippen LogP contribution in [0.1, 0.15) is 53.3 Å². The number of hydrogen-bond acceptors (Lipinski definition) is 2. The molecular formula is C18H25NS. The zero-order chi connectivity index (χ0) is 14.5. The molecule has 0 saturated heterocycles. The summed E-state index contributed by atoms with van der Waals surface area (Å²) in [5.41, 5.74) is 4.36. The van der Waals surface area contributed by atoms with Gasteiger partial charge in [0.15, 0.2) is 0 Å². The second-order valence-corrected chi connectivity index (χ2v) is 6.49. The van der Waals surface area contributed by atoms with Gasteiger partial charge in [-0.15, -0.1) is 11.3 Å². The second-order valence-electron chi connectivity index (χ2n) is 5.17. The molecule has 0 amide bonds. The maximum atomic E-state index is 3.63. The lowest BCUT2D eigenvalue weighted by Crippen LogP contribution is -2.21. The Morgan fingerprint density at radius 3 is 2.30 bits per heavy atom. The van der Waals surface area contributed by atoms with Gasteiger partial charge in [-0.2, -0.15) is 0 Å². The molecule has 0 aliphatic rings. The summed E-state index contributed by atoms with van der Waals surface area (Å²) in [5, 5.41) is 3.63. The summed E-state index contributed by atoms with van der Waals surface area (Å²) in [6, 6.07) is 11.8. The highest BCUT2D eigenvalue weighted by Crippen LogP contribution is 2.29. The maximum Gasteiger partial charge on any atom is 0.0671 e. The number of nitrogens with one attached hydrogen (secondary N) is 1. The Hall–Kier alpha value is -1.12. The van der Waals surface area contributed by atoms with Crippen LogP contribution in [0.3, 0.4) is 0 Å². The number of aryl methyl sites for hydroxylation is 3. The molecule has 20 heavy (non-hydrogen) atoms. The van der Waals surface area contributed by atoms with Crippen LogP contribution in [0.2, 0.25) is 0 Å². The second kappa shape index (κ2) is 7.05. The van der Waals surface area contributed by atoms with Crippen molar-refractivity contribution in [2.75, 3.05) is 6.54 Å². The van der Waals surface area contributed by atoms with Crippen molar-refractivity contribution in [3.05, 3.63) is 56.8 Å². The van der Waals surface area contributed by atoms with E-state index in [1.807, 2.05) is 11.3 Å². The molecule has 2 aromatic rings. The van der Waals surface area contributed by atoms with Gasteiger partial charge in [-0.25, -0.2) is 0 Å². The SMILES string of the molecule is CCNC(c1ccc(CC)c(CC)c1)c1ccc(C)s1. The molecule has 0 fully saturated rings. The molecule has 2 heteroatoms. The minimum absolute atomic E-state index is 0.329. The molecule has 0 aliphatic carbocycles. The van der Waals surface area contributed by atoms with Gasteiger partial charge < -0.3 is 5.32 Å². The van der Waals surface area contributed by atoms with Crippen LogP contribution in [0, 0.1) is 6.92 Å². The van der Waals surface area contributed by atoms with Crippen molar-refractivity contribution in [2.45, 2.75) is 46.6 Å². The number of benzene rings is 1. The summed E-state index contributed by atoms with van der Waals surface area (Å²) < 4.78 is 0. The average molecular weight is 287 g/mol. The van der Waals surface area contributed by atoms with E-state index in [0.717, 1.165) is 19.4 Å². The van der Waals surface area contributed by atoms with Gasteiger partial charge >= 0.3 is 0 Å². The monoisotopic (exact) mass is 287 g/mol. The van der Waals surface area contributed by atoms with Gasteiger partial charge in [0.1, 0.15) is 0 Å². The van der Waals surface area contributed by atoms with Gasteiger partial charge in [0.2, 0.25) is 0 Å². The molecule has 2 rings (SSSR count). The predicted octanol–water partition coefficient (Wildman–Crippen LogP) is 4.88. The van der Waals surface area contributed by atoms with Crippen molar-refractivity contribution < 1.29 is 0 Å². The fourth-order valence-electron chi connectivity index (χ4n) is 2.69. The van der Waals surface area contributed by atoms with Crippen LogP contribution in [0.4, 0.5) is 0 Å². The van der Waals surface area contributed by atoms with Crippen molar-refractivity contribution in [1.82, 2.24) is 5.32 Å². The molecule has 1 unspecified atom stereocenters. The summed E-state index contributed by atoms with van der Waals surface area (Å²) in [6.45, 7) is 9.82. The van der Waals surface area contributed by atoms with Crippen molar-refractivity contribution >= 4 is 11.3 Å². The minimum atomic E-state index is 0.329. The molecule has 1 aromatic heterocycles. The highest BCUT2D eigenvalue weighted by atomic mass is 32.1. The number of thiophene rings is 1. The number of hydrogen-bond donors (Lipinski definition) is 1. The van der Waals surface area contributed by atoms with E-state index in [9.17, 15) is 0 Å². The van der Waals surface area contributed by atoms with Crippen LogP contribution < -0.4 is 5.32 Å². The van der Waals surface area contributed by atoms with Crippen LogP contribution in [0.25, 0.3) is 0 Å². The van der Waals surface area contributed by atoms with Crippen LogP contribution in [0.5, 0.6) is 0 Å². The zero-order valence-electron chi connectivity index (χ0n) is 13.0. The first-order valence-electron chi connectivity index (χ1n) is 7.60. The third-order valence-electron chi connectivity index (χ3n) is 3.78. The fraction of sp³-hybridized carbons (Fsp3) is 0.444. The molecule has 0 radical (unpaired) electrons. The van der Waals surface area contributed by atoms with Gasteiger partial charge in [-0.3, -0.25) is 0 Å². The third-order valence-corrected chi connectivity index (χ3v) is 4.84. The quantitative estimate of drug-likeness (QED) is 0.798. The molecule has 0 saturated carbocycles.